The van der Waals surface area contributed by atoms with E-state index in [4.69, 9.17) is 9.47 Å². The van der Waals surface area contributed by atoms with Gasteiger partial charge in [0, 0.05) is 19.8 Å². The summed E-state index contributed by atoms with van der Waals surface area (Å²) in [7, 11) is 0. The van der Waals surface area contributed by atoms with Crippen LogP contribution < -0.4 is 0 Å². The second-order valence-corrected chi connectivity index (χ2v) is 5.97. The van der Waals surface area contributed by atoms with Crippen molar-refractivity contribution in [1.82, 2.24) is 0 Å². The summed E-state index contributed by atoms with van der Waals surface area (Å²) < 4.78 is 11.1. The highest BCUT2D eigenvalue weighted by atomic mass is 16.5. The van der Waals surface area contributed by atoms with E-state index in [0.29, 0.717) is 0 Å². The van der Waals surface area contributed by atoms with Crippen LogP contribution >= 0.6 is 0 Å². The number of unbranched alkanes of at least 4 members (excludes halogenated alkanes) is 10. The topological polar surface area (TPSA) is 18.5 Å². The SMILES string of the molecule is CCCCCCCCO[CH]CCOCCCCCCCC. The summed E-state index contributed by atoms with van der Waals surface area (Å²) in [4.78, 5) is 0. The Kier molecular flexibility index (Phi) is 19.8. The molecule has 0 spiro atoms. The summed E-state index contributed by atoms with van der Waals surface area (Å²) >= 11 is 0. The zero-order valence-electron chi connectivity index (χ0n) is 14.7. The maximum Gasteiger partial charge on any atom is 0.0859 e. The van der Waals surface area contributed by atoms with Crippen molar-refractivity contribution in [2.45, 2.75) is 97.3 Å². The van der Waals surface area contributed by atoms with Crippen LogP contribution in [-0.2, 0) is 9.47 Å². The summed E-state index contributed by atoms with van der Waals surface area (Å²) in [5.41, 5.74) is 0. The fraction of sp³-hybridized carbons (Fsp3) is 0.947. The Morgan fingerprint density at radius 2 is 1.10 bits per heavy atom. The third kappa shape index (κ3) is 19.9. The van der Waals surface area contributed by atoms with Crippen LogP contribution in [0.4, 0.5) is 0 Å². The molecule has 0 saturated heterocycles. The third-order valence-corrected chi connectivity index (χ3v) is 3.76. The summed E-state index contributed by atoms with van der Waals surface area (Å²) in [6.07, 6.45) is 16.8. The fourth-order valence-corrected chi connectivity index (χ4v) is 2.35. The maximum absolute atomic E-state index is 5.60. The van der Waals surface area contributed by atoms with Crippen LogP contribution in [0, 0.1) is 6.61 Å². The van der Waals surface area contributed by atoms with E-state index in [1.807, 2.05) is 6.61 Å². The van der Waals surface area contributed by atoms with Gasteiger partial charge in [0.15, 0.2) is 0 Å². The molecule has 0 rings (SSSR count). The van der Waals surface area contributed by atoms with E-state index in [2.05, 4.69) is 13.8 Å². The predicted molar refractivity (Wildman–Crippen MR) is 92.4 cm³/mol. The van der Waals surface area contributed by atoms with Crippen LogP contribution in [0.15, 0.2) is 0 Å². The van der Waals surface area contributed by atoms with E-state index in [-0.39, 0.29) is 0 Å². The first-order chi connectivity index (χ1) is 10.4. The van der Waals surface area contributed by atoms with Crippen molar-refractivity contribution in [3.63, 3.8) is 0 Å². The lowest BCUT2D eigenvalue weighted by Gasteiger charge is -2.05. The van der Waals surface area contributed by atoms with Gasteiger partial charge >= 0.3 is 0 Å². The zero-order valence-corrected chi connectivity index (χ0v) is 14.7. The average molecular weight is 300 g/mol. The van der Waals surface area contributed by atoms with Gasteiger partial charge in [-0.15, -0.1) is 0 Å². The number of hydrogen-bond donors (Lipinski definition) is 0. The van der Waals surface area contributed by atoms with Gasteiger partial charge in [-0.2, -0.15) is 0 Å². The first-order valence-corrected chi connectivity index (χ1v) is 9.42. The van der Waals surface area contributed by atoms with Crippen molar-refractivity contribution in [3.8, 4) is 0 Å². The molecule has 0 saturated carbocycles. The van der Waals surface area contributed by atoms with Gasteiger partial charge in [0.1, 0.15) is 0 Å². The fourth-order valence-electron chi connectivity index (χ4n) is 2.35. The Labute approximate surface area is 134 Å². The van der Waals surface area contributed by atoms with Crippen molar-refractivity contribution >= 4 is 0 Å². The first kappa shape index (κ1) is 20.9. The number of rotatable bonds is 18. The van der Waals surface area contributed by atoms with E-state index >= 15 is 0 Å². The summed E-state index contributed by atoms with van der Waals surface area (Å²) in [6, 6.07) is 0. The molecule has 0 aromatic carbocycles. The molecule has 0 aromatic rings. The third-order valence-electron chi connectivity index (χ3n) is 3.76. The molecule has 0 amide bonds. The van der Waals surface area contributed by atoms with E-state index in [1.165, 1.54) is 77.0 Å². The highest BCUT2D eigenvalue weighted by Crippen LogP contribution is 2.06. The lowest BCUT2D eigenvalue weighted by molar-refractivity contribution is 0.108. The van der Waals surface area contributed by atoms with Gasteiger partial charge in [0.2, 0.25) is 0 Å². The Hall–Kier alpha value is -0.0800. The first-order valence-electron chi connectivity index (χ1n) is 9.42. The minimum Gasteiger partial charge on any atom is -0.381 e. The largest absolute Gasteiger partial charge is 0.381 e. The molecule has 0 aromatic heterocycles. The van der Waals surface area contributed by atoms with Crippen LogP contribution in [0.5, 0.6) is 0 Å². The molecular formula is C19H39O2. The van der Waals surface area contributed by atoms with Gasteiger partial charge in [0.25, 0.3) is 0 Å². The van der Waals surface area contributed by atoms with Gasteiger partial charge in [-0.05, 0) is 19.3 Å². The van der Waals surface area contributed by atoms with Gasteiger partial charge in [0.05, 0.1) is 6.61 Å². The van der Waals surface area contributed by atoms with Crippen molar-refractivity contribution in [2.75, 3.05) is 19.8 Å². The Bertz CT molecular complexity index is 153. The lowest BCUT2D eigenvalue weighted by Crippen LogP contribution is -1.99. The van der Waals surface area contributed by atoms with Crippen LogP contribution in [0.2, 0.25) is 0 Å². The van der Waals surface area contributed by atoms with Gasteiger partial charge in [-0.3, -0.25) is 0 Å². The molecular weight excluding hydrogens is 260 g/mol. The van der Waals surface area contributed by atoms with Crippen molar-refractivity contribution < 1.29 is 9.47 Å². The van der Waals surface area contributed by atoms with E-state index < -0.39 is 0 Å². The normalized spacial score (nSPS) is 11.1. The molecule has 2 heteroatoms. The molecule has 0 N–H and O–H groups in total. The molecule has 0 bridgehead atoms. The Morgan fingerprint density at radius 1 is 0.571 bits per heavy atom. The summed E-state index contributed by atoms with van der Waals surface area (Å²) in [6.45, 7) is 9.04. The second-order valence-electron chi connectivity index (χ2n) is 5.97. The molecule has 127 valence electrons. The van der Waals surface area contributed by atoms with E-state index in [9.17, 15) is 0 Å². The minimum absolute atomic E-state index is 0.811. The molecule has 0 aliphatic rings. The predicted octanol–water partition coefficient (Wildman–Crippen LogP) is 6.29. The van der Waals surface area contributed by atoms with Crippen molar-refractivity contribution in [2.24, 2.45) is 0 Å². The van der Waals surface area contributed by atoms with E-state index in [0.717, 1.165) is 26.2 Å². The average Bonchev–Trinajstić information content (AvgIpc) is 2.50. The molecule has 1 radical (unpaired) electrons. The van der Waals surface area contributed by atoms with Crippen molar-refractivity contribution in [3.05, 3.63) is 6.61 Å². The summed E-state index contributed by atoms with van der Waals surface area (Å²) in [5.74, 6) is 0. The second kappa shape index (κ2) is 19.9. The number of hydrogen-bond acceptors (Lipinski definition) is 2. The molecule has 0 heterocycles. The van der Waals surface area contributed by atoms with Gasteiger partial charge < -0.3 is 9.47 Å². The van der Waals surface area contributed by atoms with Gasteiger partial charge in [-0.1, -0.05) is 78.1 Å². The highest BCUT2D eigenvalue weighted by molar-refractivity contribution is 4.51. The van der Waals surface area contributed by atoms with Crippen LogP contribution in [0.3, 0.4) is 0 Å². The van der Waals surface area contributed by atoms with Crippen molar-refractivity contribution in [1.29, 1.82) is 0 Å². The highest BCUT2D eigenvalue weighted by Gasteiger charge is 1.94. The monoisotopic (exact) mass is 299 g/mol. The van der Waals surface area contributed by atoms with E-state index in [1.54, 1.807) is 0 Å². The lowest BCUT2D eigenvalue weighted by atomic mass is 10.1. The summed E-state index contributed by atoms with van der Waals surface area (Å²) in [5, 5.41) is 0. The quantitative estimate of drug-likeness (QED) is 0.277. The molecule has 0 atom stereocenters. The Balaban J connectivity index is 2.90. The zero-order chi connectivity index (χ0) is 15.4. The molecule has 2 nitrogen and oxygen atoms in total. The molecule has 0 unspecified atom stereocenters. The van der Waals surface area contributed by atoms with Crippen LogP contribution in [-0.4, -0.2) is 19.8 Å². The molecule has 21 heavy (non-hydrogen) atoms. The van der Waals surface area contributed by atoms with Gasteiger partial charge in [-0.25, -0.2) is 0 Å². The Morgan fingerprint density at radius 3 is 1.71 bits per heavy atom. The standard InChI is InChI=1S/C19H39O2/c1-3-5-7-9-11-13-16-20-18-15-19-21-17-14-12-10-8-6-4-2/h18H,3-17,19H2,1-2H3. The minimum atomic E-state index is 0.811. The van der Waals surface area contributed by atoms with Crippen LogP contribution in [0.1, 0.15) is 97.3 Å². The van der Waals surface area contributed by atoms with Crippen LogP contribution in [0.25, 0.3) is 0 Å². The number of ether oxygens (including phenoxy) is 2. The molecule has 0 aliphatic heterocycles. The molecule has 0 aliphatic carbocycles. The maximum atomic E-state index is 5.60. The smallest absolute Gasteiger partial charge is 0.0859 e. The molecule has 0 fully saturated rings.